The summed E-state index contributed by atoms with van der Waals surface area (Å²) in [6.07, 6.45) is 0. The van der Waals surface area contributed by atoms with Crippen LogP contribution in [0.15, 0.2) is 0 Å². The lowest BCUT2D eigenvalue weighted by atomic mass is 10.4. The van der Waals surface area contributed by atoms with Crippen molar-refractivity contribution in [3.8, 4) is 0 Å². The topological polar surface area (TPSA) is 50.4 Å². The summed E-state index contributed by atoms with van der Waals surface area (Å²) in [6.45, 7) is 0.790. The van der Waals surface area contributed by atoms with Crippen LogP contribution in [0.2, 0.25) is 0 Å². The predicted octanol–water partition coefficient (Wildman–Crippen LogP) is -0.776. The summed E-state index contributed by atoms with van der Waals surface area (Å²) in [4.78, 5) is 11.0. The lowest BCUT2D eigenvalue weighted by Crippen LogP contribution is -2.38. The molecule has 0 radical (unpaired) electrons. The molecule has 4 nitrogen and oxygen atoms in total. The molecule has 0 bridgehead atoms. The van der Waals surface area contributed by atoms with Crippen molar-refractivity contribution in [2.75, 3.05) is 27.4 Å². The Bertz CT molecular complexity index is 121. The number of thiol groups is 1. The van der Waals surface area contributed by atoms with E-state index in [1.165, 1.54) is 7.11 Å². The van der Waals surface area contributed by atoms with E-state index in [4.69, 9.17) is 4.74 Å². The van der Waals surface area contributed by atoms with Gasteiger partial charge in [0, 0.05) is 7.11 Å². The van der Waals surface area contributed by atoms with E-state index in [9.17, 15) is 4.79 Å². The van der Waals surface area contributed by atoms with Crippen molar-refractivity contribution < 1.29 is 9.53 Å². The van der Waals surface area contributed by atoms with Gasteiger partial charge in [-0.15, -0.1) is 0 Å². The molecular formula is C6H14N2O2S. The molecule has 1 amide bonds. The fourth-order valence-electron chi connectivity index (χ4n) is 0.527. The first kappa shape index (κ1) is 10.7. The Hall–Kier alpha value is -0.260. The van der Waals surface area contributed by atoms with Gasteiger partial charge in [0.1, 0.15) is 5.25 Å². The highest BCUT2D eigenvalue weighted by molar-refractivity contribution is 7.81. The zero-order chi connectivity index (χ0) is 8.69. The molecule has 0 heterocycles. The van der Waals surface area contributed by atoms with Gasteiger partial charge >= 0.3 is 0 Å². The monoisotopic (exact) mass is 178 g/mol. The van der Waals surface area contributed by atoms with Gasteiger partial charge in [0.25, 0.3) is 0 Å². The molecule has 0 aromatic rings. The molecule has 0 aliphatic heterocycles. The molecule has 0 fully saturated rings. The number of amides is 1. The number of methoxy groups -OCH3 is 1. The standard InChI is InChI=1S/C6H14N2O2S/c1-7-4-8-6(9)5(11)3-10-2/h5,7,11H,3-4H2,1-2H3,(H,8,9). The van der Waals surface area contributed by atoms with E-state index in [1.54, 1.807) is 7.05 Å². The molecule has 0 aliphatic carbocycles. The van der Waals surface area contributed by atoms with Crippen molar-refractivity contribution in [3.05, 3.63) is 0 Å². The minimum atomic E-state index is -0.381. The molecule has 11 heavy (non-hydrogen) atoms. The highest BCUT2D eigenvalue weighted by Gasteiger charge is 2.11. The molecule has 0 aliphatic rings. The average molecular weight is 178 g/mol. The third-order valence-electron chi connectivity index (χ3n) is 1.07. The molecule has 2 N–H and O–H groups in total. The van der Waals surface area contributed by atoms with E-state index in [-0.39, 0.29) is 11.2 Å². The fourth-order valence-corrected chi connectivity index (χ4v) is 0.767. The second kappa shape index (κ2) is 6.45. The van der Waals surface area contributed by atoms with Gasteiger partial charge in [-0.25, -0.2) is 0 Å². The number of carbonyl (C=O) groups is 1. The zero-order valence-electron chi connectivity index (χ0n) is 6.76. The number of hydrogen-bond donors (Lipinski definition) is 3. The van der Waals surface area contributed by atoms with Crippen LogP contribution in [-0.2, 0) is 9.53 Å². The van der Waals surface area contributed by atoms with Crippen LogP contribution in [0.5, 0.6) is 0 Å². The maximum Gasteiger partial charge on any atom is 0.236 e. The lowest BCUT2D eigenvalue weighted by molar-refractivity contribution is -0.121. The summed E-state index contributed by atoms with van der Waals surface area (Å²) in [5.74, 6) is -0.121. The molecular weight excluding hydrogens is 164 g/mol. The maximum absolute atomic E-state index is 11.0. The van der Waals surface area contributed by atoms with E-state index in [1.807, 2.05) is 0 Å². The number of carbonyl (C=O) groups excluding carboxylic acids is 1. The molecule has 0 rings (SSSR count). The van der Waals surface area contributed by atoms with Gasteiger partial charge in [-0.2, -0.15) is 12.6 Å². The first-order chi connectivity index (χ1) is 5.22. The van der Waals surface area contributed by atoms with Crippen molar-refractivity contribution in [3.63, 3.8) is 0 Å². The third kappa shape index (κ3) is 5.06. The summed E-state index contributed by atoms with van der Waals surface area (Å²) in [7, 11) is 3.29. The maximum atomic E-state index is 11.0. The van der Waals surface area contributed by atoms with Crippen molar-refractivity contribution in [2.45, 2.75) is 5.25 Å². The normalized spacial score (nSPS) is 12.6. The predicted molar refractivity (Wildman–Crippen MR) is 46.7 cm³/mol. The molecule has 66 valence electrons. The third-order valence-corrected chi connectivity index (χ3v) is 1.45. The Balaban J connectivity index is 3.47. The average Bonchev–Trinajstić information content (AvgIpc) is 2.00. The van der Waals surface area contributed by atoms with Crippen LogP contribution in [0.4, 0.5) is 0 Å². The van der Waals surface area contributed by atoms with Crippen LogP contribution in [0.1, 0.15) is 0 Å². The minimum Gasteiger partial charge on any atom is -0.383 e. The molecule has 0 saturated carbocycles. The summed E-state index contributed by atoms with van der Waals surface area (Å²) >= 11 is 4.01. The highest BCUT2D eigenvalue weighted by Crippen LogP contribution is 1.93. The Morgan fingerprint density at radius 3 is 2.82 bits per heavy atom. The smallest absolute Gasteiger partial charge is 0.236 e. The van der Waals surface area contributed by atoms with Crippen molar-refractivity contribution in [1.29, 1.82) is 0 Å². The van der Waals surface area contributed by atoms with E-state index < -0.39 is 0 Å². The fraction of sp³-hybridized carbons (Fsp3) is 0.833. The van der Waals surface area contributed by atoms with Crippen LogP contribution >= 0.6 is 12.6 Å². The first-order valence-electron chi connectivity index (χ1n) is 3.31. The molecule has 0 aromatic carbocycles. The Kier molecular flexibility index (Phi) is 6.30. The first-order valence-corrected chi connectivity index (χ1v) is 3.83. The van der Waals surface area contributed by atoms with Crippen molar-refractivity contribution in [2.24, 2.45) is 0 Å². The molecule has 0 saturated heterocycles. The Morgan fingerprint density at radius 2 is 2.36 bits per heavy atom. The quantitative estimate of drug-likeness (QED) is 0.382. The SMILES string of the molecule is CNCNC(=O)C(S)COC. The largest absolute Gasteiger partial charge is 0.383 e. The molecule has 0 aromatic heterocycles. The van der Waals surface area contributed by atoms with Gasteiger partial charge in [0.2, 0.25) is 5.91 Å². The van der Waals surface area contributed by atoms with Crippen LogP contribution in [0, 0.1) is 0 Å². The van der Waals surface area contributed by atoms with Gasteiger partial charge in [0.15, 0.2) is 0 Å². The zero-order valence-corrected chi connectivity index (χ0v) is 7.65. The lowest BCUT2D eigenvalue weighted by Gasteiger charge is -2.09. The summed E-state index contributed by atoms with van der Waals surface area (Å²) in [5, 5.41) is 5.02. The Labute approximate surface area is 72.1 Å². The van der Waals surface area contributed by atoms with Crippen LogP contribution < -0.4 is 10.6 Å². The minimum absolute atomic E-state index is 0.121. The van der Waals surface area contributed by atoms with Crippen LogP contribution in [0.25, 0.3) is 0 Å². The van der Waals surface area contributed by atoms with Gasteiger partial charge in [-0.3, -0.25) is 4.79 Å². The number of rotatable bonds is 5. The molecule has 1 unspecified atom stereocenters. The van der Waals surface area contributed by atoms with Crippen molar-refractivity contribution in [1.82, 2.24) is 10.6 Å². The summed E-state index contributed by atoms with van der Waals surface area (Å²) in [6, 6.07) is 0. The number of ether oxygens (including phenoxy) is 1. The second-order valence-electron chi connectivity index (χ2n) is 2.04. The molecule has 5 heteroatoms. The van der Waals surface area contributed by atoms with E-state index in [0.29, 0.717) is 13.3 Å². The van der Waals surface area contributed by atoms with Crippen LogP contribution in [-0.4, -0.2) is 38.6 Å². The summed E-state index contributed by atoms with van der Waals surface area (Å²) in [5.41, 5.74) is 0. The number of hydrogen-bond acceptors (Lipinski definition) is 4. The van der Waals surface area contributed by atoms with Gasteiger partial charge in [0.05, 0.1) is 13.3 Å². The van der Waals surface area contributed by atoms with E-state index in [2.05, 4.69) is 23.3 Å². The molecule has 1 atom stereocenters. The van der Waals surface area contributed by atoms with Crippen molar-refractivity contribution >= 4 is 18.5 Å². The summed E-state index contributed by atoms with van der Waals surface area (Å²) < 4.78 is 4.75. The van der Waals surface area contributed by atoms with Gasteiger partial charge in [-0.1, -0.05) is 0 Å². The molecule has 0 spiro atoms. The van der Waals surface area contributed by atoms with Gasteiger partial charge < -0.3 is 15.4 Å². The second-order valence-corrected chi connectivity index (χ2v) is 2.67. The highest BCUT2D eigenvalue weighted by atomic mass is 32.1. The van der Waals surface area contributed by atoms with Gasteiger partial charge in [-0.05, 0) is 7.05 Å². The Morgan fingerprint density at radius 1 is 1.73 bits per heavy atom. The van der Waals surface area contributed by atoms with Crippen LogP contribution in [0.3, 0.4) is 0 Å². The number of nitrogens with one attached hydrogen (secondary N) is 2. The van der Waals surface area contributed by atoms with E-state index in [0.717, 1.165) is 0 Å². The van der Waals surface area contributed by atoms with E-state index >= 15 is 0 Å².